The van der Waals surface area contributed by atoms with E-state index in [2.05, 4.69) is 15.0 Å². The largest absolute Gasteiger partial charge is 0.506 e. The number of fused-ring (bicyclic) bond motifs is 5. The fraction of sp³-hybridized carbons (Fsp3) is 0. The molecule has 1 aliphatic rings. The number of H-pyrrole nitrogens is 1. The molecule has 1 aliphatic heterocycles. The minimum Gasteiger partial charge on any atom is -0.506 e. The average molecular weight is 424 g/mol. The molecule has 5 nitrogen and oxygen atoms in total. The molecule has 4 aromatic carbocycles. The average Bonchev–Trinajstić information content (AvgIpc) is 3.19. The number of phenolic OH excluding ortho intramolecular Hbond substituents is 1. The molecule has 31 heavy (non-hydrogen) atoms. The summed E-state index contributed by atoms with van der Waals surface area (Å²) in [5, 5.41) is 15.9. The number of para-hydroxylation sites is 2. The fourth-order valence-corrected chi connectivity index (χ4v) is 4.41. The number of benzene rings is 4. The number of aromatic hydroxyl groups is 1. The number of hydrogen-bond donors (Lipinski definition) is 2. The number of hydrogen-bond acceptors (Lipinski definition) is 3. The number of imidazole rings is 1. The summed E-state index contributed by atoms with van der Waals surface area (Å²) < 4.78 is 0. The van der Waals surface area contributed by atoms with Crippen LogP contribution in [0.4, 0.5) is 0 Å². The van der Waals surface area contributed by atoms with Crippen LogP contribution < -0.4 is 10.6 Å². The highest BCUT2D eigenvalue weighted by molar-refractivity contribution is 6.30. The SMILES string of the molecule is O=C1N=c2ccc(Cl)cc2=c2c1c(O)/c(=C/c1nc3ccccc3[nH]1)c1ccccc21. The molecule has 0 saturated heterocycles. The van der Waals surface area contributed by atoms with Gasteiger partial charge >= 0.3 is 0 Å². The van der Waals surface area contributed by atoms with E-state index in [9.17, 15) is 9.90 Å². The highest BCUT2D eigenvalue weighted by atomic mass is 35.5. The molecule has 148 valence electrons. The number of nitrogens with zero attached hydrogens (tertiary/aromatic N) is 2. The monoisotopic (exact) mass is 423 g/mol. The lowest BCUT2D eigenvalue weighted by molar-refractivity contribution is 0.0993. The zero-order valence-electron chi connectivity index (χ0n) is 16.1. The molecule has 5 aromatic rings. The van der Waals surface area contributed by atoms with Crippen LogP contribution in [0.2, 0.25) is 5.02 Å². The maximum atomic E-state index is 12.9. The highest BCUT2D eigenvalue weighted by Crippen LogP contribution is 2.26. The van der Waals surface area contributed by atoms with Crippen LogP contribution in [-0.4, -0.2) is 21.0 Å². The van der Waals surface area contributed by atoms with Crippen LogP contribution in [0, 0.1) is 10.4 Å². The summed E-state index contributed by atoms with van der Waals surface area (Å²) in [6.45, 7) is 0. The maximum Gasteiger partial charge on any atom is 0.281 e. The predicted octanol–water partition coefficient (Wildman–Crippen LogP) is 3.96. The van der Waals surface area contributed by atoms with Crippen LogP contribution in [0.3, 0.4) is 0 Å². The van der Waals surface area contributed by atoms with Crippen molar-refractivity contribution in [3.05, 3.63) is 104 Å². The second kappa shape index (κ2) is 6.52. The first-order valence-corrected chi connectivity index (χ1v) is 10.1. The van der Waals surface area contributed by atoms with E-state index >= 15 is 0 Å². The quantitative estimate of drug-likeness (QED) is 0.428. The fourth-order valence-electron chi connectivity index (χ4n) is 4.23. The van der Waals surface area contributed by atoms with Gasteiger partial charge in [-0.3, -0.25) is 4.79 Å². The molecule has 0 atom stereocenters. The molecule has 0 spiro atoms. The van der Waals surface area contributed by atoms with Crippen LogP contribution >= 0.6 is 11.6 Å². The summed E-state index contributed by atoms with van der Waals surface area (Å²) in [5.41, 5.74) is 1.89. The van der Waals surface area contributed by atoms with Crippen LogP contribution in [0.1, 0.15) is 16.2 Å². The molecule has 0 unspecified atom stereocenters. The Bertz CT molecular complexity index is 1760. The third-order valence-electron chi connectivity index (χ3n) is 5.58. The first-order valence-electron chi connectivity index (χ1n) is 9.73. The second-order valence-corrected chi connectivity index (χ2v) is 7.86. The minimum absolute atomic E-state index is 0.117. The summed E-state index contributed by atoms with van der Waals surface area (Å²) in [7, 11) is 0. The van der Waals surface area contributed by atoms with Gasteiger partial charge in [0, 0.05) is 20.7 Å². The summed E-state index contributed by atoms with van der Waals surface area (Å²) in [4.78, 5) is 25.0. The van der Waals surface area contributed by atoms with Crippen molar-refractivity contribution in [3.8, 4) is 5.75 Å². The van der Waals surface area contributed by atoms with Crippen molar-refractivity contribution in [2.75, 3.05) is 0 Å². The van der Waals surface area contributed by atoms with E-state index in [1.165, 1.54) is 0 Å². The number of carbonyl (C=O) groups excluding carboxylic acids is 1. The highest BCUT2D eigenvalue weighted by Gasteiger charge is 2.21. The molecule has 1 amide bonds. The van der Waals surface area contributed by atoms with E-state index in [1.807, 2.05) is 48.5 Å². The third-order valence-corrected chi connectivity index (χ3v) is 5.82. The first kappa shape index (κ1) is 17.9. The van der Waals surface area contributed by atoms with Crippen LogP contribution in [-0.2, 0) is 0 Å². The van der Waals surface area contributed by atoms with Gasteiger partial charge in [0.1, 0.15) is 11.6 Å². The van der Waals surface area contributed by atoms with Gasteiger partial charge in [-0.1, -0.05) is 48.0 Å². The Kier molecular flexibility index (Phi) is 3.76. The number of phenols is 1. The van der Waals surface area contributed by atoms with E-state index in [4.69, 9.17) is 11.6 Å². The summed E-state index contributed by atoms with van der Waals surface area (Å²) >= 11 is 6.24. The Labute approximate surface area is 180 Å². The predicted molar refractivity (Wildman–Crippen MR) is 120 cm³/mol. The van der Waals surface area contributed by atoms with E-state index < -0.39 is 5.91 Å². The Balaban J connectivity index is 1.83. The topological polar surface area (TPSA) is 78.3 Å². The molecular formula is C25H14ClN3O2. The molecular weight excluding hydrogens is 410 g/mol. The van der Waals surface area contributed by atoms with Crippen LogP contribution in [0.25, 0.3) is 27.9 Å². The van der Waals surface area contributed by atoms with Gasteiger partial charge in [0.15, 0.2) is 0 Å². The van der Waals surface area contributed by atoms with Gasteiger partial charge in [-0.05, 0) is 47.2 Å². The van der Waals surface area contributed by atoms with Gasteiger partial charge in [0.2, 0.25) is 0 Å². The van der Waals surface area contributed by atoms with Crippen molar-refractivity contribution in [1.29, 1.82) is 0 Å². The first-order chi connectivity index (χ1) is 15.1. The Morgan fingerprint density at radius 3 is 2.58 bits per heavy atom. The minimum atomic E-state index is -0.479. The molecule has 1 aromatic heterocycles. The Hall–Kier alpha value is -3.96. The van der Waals surface area contributed by atoms with Crippen molar-refractivity contribution in [2.24, 2.45) is 4.99 Å². The molecule has 0 aliphatic carbocycles. The molecule has 0 radical (unpaired) electrons. The second-order valence-electron chi connectivity index (χ2n) is 7.42. The van der Waals surface area contributed by atoms with Crippen molar-refractivity contribution in [3.63, 3.8) is 0 Å². The van der Waals surface area contributed by atoms with Crippen molar-refractivity contribution < 1.29 is 9.90 Å². The van der Waals surface area contributed by atoms with Gasteiger partial charge in [-0.25, -0.2) is 9.98 Å². The molecule has 0 bridgehead atoms. The summed E-state index contributed by atoms with van der Waals surface area (Å²) in [6, 6.07) is 20.6. The number of halogens is 1. The number of nitrogens with one attached hydrogen (secondary N) is 1. The molecule has 2 N–H and O–H groups in total. The van der Waals surface area contributed by atoms with Crippen LogP contribution in [0.5, 0.6) is 5.75 Å². The van der Waals surface area contributed by atoms with Gasteiger partial charge < -0.3 is 10.1 Å². The summed E-state index contributed by atoms with van der Waals surface area (Å²) in [5.74, 6) is -0.00823. The standard InChI is InChI=1S/C25H14ClN3O2/c26-13-9-10-18-17(11-13)22-15-6-2-1-5-14(15)16(24(30)23(22)25(31)29-18)12-21-27-19-7-3-4-8-20(19)28-21/h1-12,30H,(H,27,28)/b16-12+. The lowest BCUT2D eigenvalue weighted by atomic mass is 9.96. The van der Waals surface area contributed by atoms with E-state index in [0.29, 0.717) is 26.6 Å². The van der Waals surface area contributed by atoms with Gasteiger partial charge in [-0.2, -0.15) is 0 Å². The number of rotatable bonds is 1. The Morgan fingerprint density at radius 2 is 1.74 bits per heavy atom. The molecule has 6 rings (SSSR count). The van der Waals surface area contributed by atoms with E-state index in [0.717, 1.165) is 27.0 Å². The lowest BCUT2D eigenvalue weighted by Gasteiger charge is -2.12. The smallest absolute Gasteiger partial charge is 0.281 e. The van der Waals surface area contributed by atoms with Gasteiger partial charge in [0.25, 0.3) is 5.91 Å². The maximum absolute atomic E-state index is 12.9. The van der Waals surface area contributed by atoms with Crippen molar-refractivity contribution >= 4 is 45.4 Å². The molecule has 0 saturated carbocycles. The summed E-state index contributed by atoms with van der Waals surface area (Å²) in [6.07, 6.45) is 1.76. The Morgan fingerprint density at radius 1 is 0.968 bits per heavy atom. The number of aromatic amines is 1. The zero-order valence-corrected chi connectivity index (χ0v) is 16.8. The number of carbonyl (C=O) groups is 1. The zero-order chi connectivity index (χ0) is 21.1. The molecule has 2 heterocycles. The van der Waals surface area contributed by atoms with Crippen molar-refractivity contribution in [2.45, 2.75) is 0 Å². The number of aromatic nitrogens is 2. The van der Waals surface area contributed by atoms with E-state index in [1.54, 1.807) is 24.3 Å². The number of amides is 1. The molecule has 0 fully saturated rings. The van der Waals surface area contributed by atoms with Crippen LogP contribution in [0.15, 0.2) is 71.7 Å². The normalized spacial score (nSPS) is 13.3. The van der Waals surface area contributed by atoms with Gasteiger partial charge in [0.05, 0.1) is 22.0 Å². The van der Waals surface area contributed by atoms with Gasteiger partial charge in [-0.15, -0.1) is 0 Å². The molecule has 6 heteroatoms. The van der Waals surface area contributed by atoms with E-state index in [-0.39, 0.29) is 11.3 Å². The third kappa shape index (κ3) is 2.67. The van der Waals surface area contributed by atoms with Crippen molar-refractivity contribution in [1.82, 2.24) is 9.97 Å². The lowest BCUT2D eigenvalue weighted by Crippen LogP contribution is -2.19.